The Morgan fingerprint density at radius 2 is 1.70 bits per heavy atom. The van der Waals surface area contributed by atoms with Gasteiger partial charge in [-0.1, -0.05) is 19.8 Å². The summed E-state index contributed by atoms with van der Waals surface area (Å²) < 4.78 is 5.34. The average Bonchev–Trinajstić information content (AvgIpc) is 2.44. The van der Waals surface area contributed by atoms with E-state index in [-0.39, 0.29) is 12.1 Å². The topological polar surface area (TPSA) is 50.4 Å². The van der Waals surface area contributed by atoms with Crippen molar-refractivity contribution in [1.82, 2.24) is 10.6 Å². The molecule has 1 amide bonds. The Bertz CT molecular complexity index is 370. The van der Waals surface area contributed by atoms with Crippen LogP contribution in [0.1, 0.15) is 79.1 Å². The fraction of sp³-hybridized carbons (Fsp3) is 0.947. The highest BCUT2D eigenvalue weighted by atomic mass is 16.6. The highest BCUT2D eigenvalue weighted by Crippen LogP contribution is 2.28. The summed E-state index contributed by atoms with van der Waals surface area (Å²) in [5.74, 6) is 1.78. The molecular weight excluding hydrogens is 288 g/mol. The van der Waals surface area contributed by atoms with Gasteiger partial charge in [-0.2, -0.15) is 0 Å². The molecule has 0 bridgehead atoms. The van der Waals surface area contributed by atoms with Gasteiger partial charge in [-0.3, -0.25) is 0 Å². The molecule has 2 fully saturated rings. The van der Waals surface area contributed by atoms with Gasteiger partial charge in [0.1, 0.15) is 5.60 Å². The maximum Gasteiger partial charge on any atom is 0.407 e. The second-order valence-corrected chi connectivity index (χ2v) is 8.74. The number of rotatable bonds is 4. The van der Waals surface area contributed by atoms with Crippen LogP contribution >= 0.6 is 0 Å². The molecule has 4 heteroatoms. The van der Waals surface area contributed by atoms with Crippen LogP contribution in [0, 0.1) is 11.8 Å². The van der Waals surface area contributed by atoms with Crippen LogP contribution in [0.2, 0.25) is 0 Å². The molecule has 0 aromatic rings. The minimum absolute atomic E-state index is 0.273. The summed E-state index contributed by atoms with van der Waals surface area (Å²) in [6.45, 7) is 9.28. The zero-order valence-electron chi connectivity index (χ0n) is 15.5. The van der Waals surface area contributed by atoms with Gasteiger partial charge in [0, 0.05) is 12.1 Å². The van der Waals surface area contributed by atoms with E-state index in [2.05, 4.69) is 17.6 Å². The van der Waals surface area contributed by atoms with E-state index in [1.54, 1.807) is 0 Å². The van der Waals surface area contributed by atoms with Crippen molar-refractivity contribution in [2.75, 3.05) is 6.54 Å². The van der Waals surface area contributed by atoms with Crippen LogP contribution in [0.15, 0.2) is 0 Å². The second-order valence-electron chi connectivity index (χ2n) is 8.74. The van der Waals surface area contributed by atoms with Crippen LogP contribution in [0.3, 0.4) is 0 Å². The lowest BCUT2D eigenvalue weighted by Crippen LogP contribution is -2.44. The molecule has 23 heavy (non-hydrogen) atoms. The first-order chi connectivity index (χ1) is 10.8. The standard InChI is InChI=1S/C19H36N2O2/c1-14-6-5-7-15(12-14)13-20-16-8-10-17(11-9-16)21-18(22)23-19(2,3)4/h14-17,20H,5-13H2,1-4H3,(H,21,22). The number of carbonyl (C=O) groups is 1. The van der Waals surface area contributed by atoms with Gasteiger partial charge in [0.05, 0.1) is 0 Å². The summed E-state index contributed by atoms with van der Waals surface area (Å²) in [6, 6.07) is 0.904. The lowest BCUT2D eigenvalue weighted by atomic mass is 9.82. The van der Waals surface area contributed by atoms with Gasteiger partial charge in [0.15, 0.2) is 0 Å². The third-order valence-electron chi connectivity index (χ3n) is 5.19. The molecule has 134 valence electrons. The van der Waals surface area contributed by atoms with E-state index in [0.717, 1.165) is 37.5 Å². The van der Waals surface area contributed by atoms with Crippen molar-refractivity contribution in [2.24, 2.45) is 11.8 Å². The van der Waals surface area contributed by atoms with Crippen molar-refractivity contribution >= 4 is 6.09 Å². The van der Waals surface area contributed by atoms with Crippen molar-refractivity contribution < 1.29 is 9.53 Å². The highest BCUT2D eigenvalue weighted by molar-refractivity contribution is 5.68. The van der Waals surface area contributed by atoms with E-state index in [1.165, 1.54) is 32.2 Å². The lowest BCUT2D eigenvalue weighted by molar-refractivity contribution is 0.0489. The fourth-order valence-electron chi connectivity index (χ4n) is 3.99. The summed E-state index contributed by atoms with van der Waals surface area (Å²) in [5.41, 5.74) is -0.417. The van der Waals surface area contributed by atoms with Gasteiger partial charge in [-0.15, -0.1) is 0 Å². The van der Waals surface area contributed by atoms with Crippen molar-refractivity contribution in [3.8, 4) is 0 Å². The minimum Gasteiger partial charge on any atom is -0.444 e. The molecule has 2 atom stereocenters. The minimum atomic E-state index is -0.417. The lowest BCUT2D eigenvalue weighted by Gasteiger charge is -2.33. The molecule has 0 spiro atoms. The monoisotopic (exact) mass is 324 g/mol. The molecule has 0 aromatic heterocycles. The molecule has 2 unspecified atom stereocenters. The number of hydrogen-bond donors (Lipinski definition) is 2. The first kappa shape index (κ1) is 18.6. The van der Waals surface area contributed by atoms with Gasteiger partial charge in [-0.25, -0.2) is 4.79 Å². The van der Waals surface area contributed by atoms with Crippen molar-refractivity contribution in [2.45, 2.75) is 96.7 Å². The van der Waals surface area contributed by atoms with E-state index in [9.17, 15) is 4.79 Å². The Hall–Kier alpha value is -0.770. The third-order valence-corrected chi connectivity index (χ3v) is 5.19. The van der Waals surface area contributed by atoms with Crippen LogP contribution in [0.25, 0.3) is 0 Å². The van der Waals surface area contributed by atoms with Crippen molar-refractivity contribution in [1.29, 1.82) is 0 Å². The normalized spacial score (nSPS) is 32.3. The van der Waals surface area contributed by atoms with Gasteiger partial charge in [-0.05, 0) is 77.7 Å². The molecule has 0 saturated heterocycles. The van der Waals surface area contributed by atoms with Gasteiger partial charge in [0.2, 0.25) is 0 Å². The zero-order valence-corrected chi connectivity index (χ0v) is 15.5. The summed E-state index contributed by atoms with van der Waals surface area (Å²) in [6.07, 6.45) is 9.75. The predicted octanol–water partition coefficient (Wildman–Crippen LogP) is 4.24. The molecule has 2 saturated carbocycles. The Morgan fingerprint density at radius 1 is 1.04 bits per heavy atom. The predicted molar refractivity (Wildman–Crippen MR) is 94.5 cm³/mol. The molecule has 2 aliphatic carbocycles. The summed E-state index contributed by atoms with van der Waals surface area (Å²) >= 11 is 0. The Balaban J connectivity index is 1.61. The zero-order chi connectivity index (χ0) is 16.9. The van der Waals surface area contributed by atoms with E-state index in [4.69, 9.17) is 4.74 Å². The molecule has 2 N–H and O–H groups in total. The van der Waals surface area contributed by atoms with Crippen molar-refractivity contribution in [3.05, 3.63) is 0 Å². The Kier molecular flexibility index (Phi) is 6.75. The van der Waals surface area contributed by atoms with Gasteiger partial charge >= 0.3 is 6.09 Å². The van der Waals surface area contributed by atoms with Crippen LogP contribution in [0.5, 0.6) is 0 Å². The molecule has 0 heterocycles. The second kappa shape index (κ2) is 8.36. The summed E-state index contributed by atoms with van der Waals surface area (Å²) in [5, 5.41) is 6.80. The maximum atomic E-state index is 11.8. The number of amides is 1. The van der Waals surface area contributed by atoms with Gasteiger partial charge in [0.25, 0.3) is 0 Å². The highest BCUT2D eigenvalue weighted by Gasteiger charge is 2.25. The number of carbonyl (C=O) groups excluding carboxylic acids is 1. The van der Waals surface area contributed by atoms with Crippen molar-refractivity contribution in [3.63, 3.8) is 0 Å². The molecule has 0 aromatic carbocycles. The van der Waals surface area contributed by atoms with Crippen LogP contribution in [0.4, 0.5) is 4.79 Å². The maximum absolute atomic E-state index is 11.8. The summed E-state index contributed by atoms with van der Waals surface area (Å²) in [7, 11) is 0. The Morgan fingerprint density at radius 3 is 2.30 bits per heavy atom. The molecule has 2 aliphatic rings. The van der Waals surface area contributed by atoms with Crippen LogP contribution in [-0.4, -0.2) is 30.3 Å². The number of alkyl carbamates (subject to hydrolysis) is 1. The quantitative estimate of drug-likeness (QED) is 0.813. The Labute approximate surface area is 142 Å². The smallest absolute Gasteiger partial charge is 0.407 e. The van der Waals surface area contributed by atoms with Gasteiger partial charge < -0.3 is 15.4 Å². The third kappa shape index (κ3) is 7.11. The molecular formula is C19H36N2O2. The van der Waals surface area contributed by atoms with Crippen LogP contribution in [-0.2, 0) is 4.74 Å². The fourth-order valence-corrected chi connectivity index (χ4v) is 3.99. The molecule has 2 rings (SSSR count). The number of nitrogens with one attached hydrogen (secondary N) is 2. The summed E-state index contributed by atoms with van der Waals surface area (Å²) in [4.78, 5) is 11.8. The first-order valence-electron chi connectivity index (χ1n) is 9.54. The van der Waals surface area contributed by atoms with E-state index in [0.29, 0.717) is 6.04 Å². The number of hydrogen-bond acceptors (Lipinski definition) is 3. The average molecular weight is 325 g/mol. The van der Waals surface area contributed by atoms with E-state index in [1.807, 2.05) is 20.8 Å². The molecule has 0 radical (unpaired) electrons. The molecule has 0 aliphatic heterocycles. The first-order valence-corrected chi connectivity index (χ1v) is 9.54. The molecule has 4 nitrogen and oxygen atoms in total. The van der Waals surface area contributed by atoms with E-state index >= 15 is 0 Å². The van der Waals surface area contributed by atoms with Crippen LogP contribution < -0.4 is 10.6 Å². The number of ether oxygens (including phenoxy) is 1. The SMILES string of the molecule is CC1CCCC(CNC2CCC(NC(=O)OC(C)(C)C)CC2)C1. The van der Waals surface area contributed by atoms with E-state index < -0.39 is 5.60 Å². The largest absolute Gasteiger partial charge is 0.444 e.